The van der Waals surface area contributed by atoms with Gasteiger partial charge in [0.25, 0.3) is 0 Å². The number of nitrogens with zero attached hydrogens (tertiary/aromatic N) is 4. The molecule has 7 nitrogen and oxygen atoms in total. The van der Waals surface area contributed by atoms with Crippen molar-refractivity contribution < 1.29 is 4.74 Å². The molecule has 1 unspecified atom stereocenters. The van der Waals surface area contributed by atoms with Gasteiger partial charge < -0.3 is 25.2 Å². The lowest BCUT2D eigenvalue weighted by atomic mass is 10.1. The monoisotopic (exact) mass is 444 g/mol. The topological polar surface area (TPSA) is 55.4 Å². The van der Waals surface area contributed by atoms with Crippen molar-refractivity contribution in [3.63, 3.8) is 0 Å². The quantitative estimate of drug-likeness (QED) is 0.424. The molecule has 180 valence electrons. The number of guanidine groups is 1. The number of rotatable bonds is 10. The second-order valence-electron chi connectivity index (χ2n) is 9.07. The largest absolute Gasteiger partial charge is 0.379 e. The Balaban J connectivity index is 1.49. The minimum atomic E-state index is 0.584. The number of hydrogen-bond acceptors (Lipinski definition) is 5. The number of benzene rings is 1. The third kappa shape index (κ3) is 8.35. The Labute approximate surface area is 195 Å². The number of morpholine rings is 1. The second kappa shape index (κ2) is 13.8. The number of piperazine rings is 1. The average Bonchev–Trinajstić information content (AvgIpc) is 2.83. The van der Waals surface area contributed by atoms with Crippen molar-refractivity contribution in [1.82, 2.24) is 25.3 Å². The van der Waals surface area contributed by atoms with E-state index in [2.05, 4.69) is 70.4 Å². The van der Waals surface area contributed by atoms with Crippen LogP contribution in [0.3, 0.4) is 0 Å². The molecule has 2 heterocycles. The molecule has 2 aliphatic heterocycles. The Bertz CT molecular complexity index is 683. The van der Waals surface area contributed by atoms with E-state index in [4.69, 9.17) is 9.73 Å². The van der Waals surface area contributed by atoms with Gasteiger partial charge in [-0.15, -0.1) is 0 Å². The van der Waals surface area contributed by atoms with E-state index in [0.717, 1.165) is 58.4 Å². The number of aliphatic imine (C=N–C) groups is 1. The van der Waals surface area contributed by atoms with Crippen LogP contribution in [-0.4, -0.2) is 99.3 Å². The third-order valence-corrected chi connectivity index (χ3v) is 6.47. The van der Waals surface area contributed by atoms with E-state index in [-0.39, 0.29) is 0 Å². The van der Waals surface area contributed by atoms with E-state index in [1.807, 2.05) is 0 Å². The van der Waals surface area contributed by atoms with Crippen LogP contribution in [0.2, 0.25) is 0 Å². The minimum Gasteiger partial charge on any atom is -0.379 e. The summed E-state index contributed by atoms with van der Waals surface area (Å²) in [6, 6.07) is 8.70. The predicted octanol–water partition coefficient (Wildman–Crippen LogP) is 1.85. The van der Waals surface area contributed by atoms with Crippen molar-refractivity contribution in [1.29, 1.82) is 0 Å². The van der Waals surface area contributed by atoms with Crippen LogP contribution in [0.4, 0.5) is 0 Å². The first-order valence-corrected chi connectivity index (χ1v) is 12.5. The fourth-order valence-corrected chi connectivity index (χ4v) is 4.44. The fourth-order valence-electron chi connectivity index (χ4n) is 4.44. The van der Waals surface area contributed by atoms with Crippen LogP contribution in [-0.2, 0) is 17.8 Å². The normalized spacial score (nSPS) is 20.3. The van der Waals surface area contributed by atoms with E-state index >= 15 is 0 Å². The molecule has 0 bridgehead atoms. The molecule has 2 aliphatic rings. The molecule has 0 aliphatic carbocycles. The maximum Gasteiger partial charge on any atom is 0.191 e. The first kappa shape index (κ1) is 25.0. The van der Waals surface area contributed by atoms with Gasteiger partial charge in [0.05, 0.1) is 19.8 Å². The zero-order chi connectivity index (χ0) is 22.6. The summed E-state index contributed by atoms with van der Waals surface area (Å²) in [5.74, 6) is 1.50. The molecular formula is C25H44N6O. The zero-order valence-corrected chi connectivity index (χ0v) is 20.5. The molecule has 0 spiro atoms. The lowest BCUT2D eigenvalue weighted by Crippen LogP contribution is -2.48. The van der Waals surface area contributed by atoms with Gasteiger partial charge in [-0.1, -0.05) is 38.1 Å². The van der Waals surface area contributed by atoms with Crippen LogP contribution < -0.4 is 10.6 Å². The average molecular weight is 445 g/mol. The molecule has 7 heteroatoms. The molecule has 1 aromatic carbocycles. The van der Waals surface area contributed by atoms with Crippen LogP contribution >= 0.6 is 0 Å². The summed E-state index contributed by atoms with van der Waals surface area (Å²) in [5.41, 5.74) is 2.67. The molecule has 2 saturated heterocycles. The van der Waals surface area contributed by atoms with Crippen molar-refractivity contribution in [2.45, 2.75) is 33.9 Å². The van der Waals surface area contributed by atoms with Gasteiger partial charge in [0.15, 0.2) is 5.96 Å². The highest BCUT2D eigenvalue weighted by atomic mass is 16.5. The van der Waals surface area contributed by atoms with Gasteiger partial charge in [0.2, 0.25) is 0 Å². The van der Waals surface area contributed by atoms with Crippen molar-refractivity contribution in [2.24, 2.45) is 10.9 Å². The third-order valence-electron chi connectivity index (χ3n) is 6.47. The number of likely N-dealkylation sites (N-methyl/N-ethyl adjacent to an activating group) is 1. The van der Waals surface area contributed by atoms with Crippen LogP contribution in [0.15, 0.2) is 29.3 Å². The van der Waals surface area contributed by atoms with E-state index in [1.54, 1.807) is 0 Å². The molecule has 1 atom stereocenters. The minimum absolute atomic E-state index is 0.584. The number of hydrogen-bond donors (Lipinski definition) is 2. The molecule has 1 aromatic rings. The smallest absolute Gasteiger partial charge is 0.191 e. The van der Waals surface area contributed by atoms with E-state index in [9.17, 15) is 0 Å². The van der Waals surface area contributed by atoms with Gasteiger partial charge in [-0.05, 0) is 30.5 Å². The Morgan fingerprint density at radius 2 is 1.62 bits per heavy atom. The van der Waals surface area contributed by atoms with Gasteiger partial charge >= 0.3 is 0 Å². The molecule has 0 radical (unpaired) electrons. The summed E-state index contributed by atoms with van der Waals surface area (Å²) in [6.07, 6.45) is 0. The van der Waals surface area contributed by atoms with E-state index < -0.39 is 0 Å². The molecule has 3 rings (SSSR count). The molecule has 0 amide bonds. The van der Waals surface area contributed by atoms with Crippen LogP contribution in [0.25, 0.3) is 0 Å². The highest BCUT2D eigenvalue weighted by Crippen LogP contribution is 2.14. The highest BCUT2D eigenvalue weighted by Gasteiger charge is 2.17. The standard InChI is InChI=1S/C25H44N6O/c1-4-26-25(27-18-22(3)20-30-12-10-29(5-2)11-13-30)28-19-23-8-6-7-9-24(23)21-31-14-16-32-17-15-31/h6-9,22H,4-5,10-21H2,1-3H3,(H2,26,27,28). The molecule has 2 N–H and O–H groups in total. The first-order valence-electron chi connectivity index (χ1n) is 12.5. The van der Waals surface area contributed by atoms with Gasteiger partial charge in [0.1, 0.15) is 0 Å². The summed E-state index contributed by atoms with van der Waals surface area (Å²) in [6.45, 7) is 21.0. The van der Waals surface area contributed by atoms with Crippen molar-refractivity contribution in [2.75, 3.05) is 78.7 Å². The van der Waals surface area contributed by atoms with Crippen molar-refractivity contribution in [3.05, 3.63) is 35.4 Å². The summed E-state index contributed by atoms with van der Waals surface area (Å²) in [4.78, 5) is 12.5. The Morgan fingerprint density at radius 1 is 0.938 bits per heavy atom. The molecular weight excluding hydrogens is 400 g/mol. The summed E-state index contributed by atoms with van der Waals surface area (Å²) < 4.78 is 5.49. The molecule has 0 aromatic heterocycles. The number of nitrogens with one attached hydrogen (secondary N) is 2. The summed E-state index contributed by atoms with van der Waals surface area (Å²) in [7, 11) is 0. The lowest BCUT2D eigenvalue weighted by Gasteiger charge is -2.35. The van der Waals surface area contributed by atoms with Crippen molar-refractivity contribution in [3.8, 4) is 0 Å². The molecule has 32 heavy (non-hydrogen) atoms. The maximum atomic E-state index is 5.49. The maximum absolute atomic E-state index is 5.49. The fraction of sp³-hybridized carbons (Fsp3) is 0.720. The Kier molecular flexibility index (Phi) is 10.8. The first-order chi connectivity index (χ1) is 15.7. The Hall–Kier alpha value is -1.67. The highest BCUT2D eigenvalue weighted by molar-refractivity contribution is 5.79. The summed E-state index contributed by atoms with van der Waals surface area (Å²) >= 11 is 0. The summed E-state index contributed by atoms with van der Waals surface area (Å²) in [5, 5.41) is 6.99. The van der Waals surface area contributed by atoms with Gasteiger partial charge in [-0.2, -0.15) is 0 Å². The van der Waals surface area contributed by atoms with Crippen LogP contribution in [0.1, 0.15) is 31.9 Å². The van der Waals surface area contributed by atoms with Crippen LogP contribution in [0.5, 0.6) is 0 Å². The lowest BCUT2D eigenvalue weighted by molar-refractivity contribution is 0.0341. The molecule has 0 saturated carbocycles. The van der Waals surface area contributed by atoms with Gasteiger partial charge in [-0.25, -0.2) is 4.99 Å². The van der Waals surface area contributed by atoms with Crippen LogP contribution in [0, 0.1) is 5.92 Å². The van der Waals surface area contributed by atoms with Gasteiger partial charge in [-0.3, -0.25) is 4.90 Å². The number of ether oxygens (including phenoxy) is 1. The SMILES string of the molecule is CCNC(=NCc1ccccc1CN1CCOCC1)NCC(C)CN1CCN(CC)CC1. The predicted molar refractivity (Wildman–Crippen MR) is 133 cm³/mol. The second-order valence-corrected chi connectivity index (χ2v) is 9.07. The van der Waals surface area contributed by atoms with Crippen molar-refractivity contribution >= 4 is 5.96 Å². The molecule has 2 fully saturated rings. The Morgan fingerprint density at radius 3 is 2.31 bits per heavy atom. The zero-order valence-electron chi connectivity index (χ0n) is 20.5. The van der Waals surface area contributed by atoms with Gasteiger partial charge in [0, 0.05) is 65.4 Å². The van der Waals surface area contributed by atoms with E-state index in [1.165, 1.54) is 43.9 Å². The van der Waals surface area contributed by atoms with E-state index in [0.29, 0.717) is 12.5 Å².